The fraction of sp³-hybridized carbons (Fsp3) is 0.409. The molecular formula is C22H23F4N5O4. The van der Waals surface area contributed by atoms with Crippen molar-refractivity contribution < 1.29 is 36.7 Å². The number of alkyl halides is 2. The summed E-state index contributed by atoms with van der Waals surface area (Å²) in [5.74, 6) is -3.24. The first kappa shape index (κ1) is 24.7. The predicted octanol–water partition coefficient (Wildman–Crippen LogP) is 2.32. The molecule has 0 saturated carbocycles. The Kier molecular flexibility index (Phi) is 7.66. The number of cyclic esters (lactones) is 1. The molecule has 0 bridgehead atoms. The van der Waals surface area contributed by atoms with Crippen molar-refractivity contribution >= 4 is 23.4 Å². The van der Waals surface area contributed by atoms with E-state index in [-0.39, 0.29) is 37.6 Å². The van der Waals surface area contributed by atoms with Crippen LogP contribution in [0.1, 0.15) is 5.56 Å². The molecule has 0 spiro atoms. The zero-order valence-electron chi connectivity index (χ0n) is 18.5. The van der Waals surface area contributed by atoms with Crippen molar-refractivity contribution in [3.63, 3.8) is 0 Å². The van der Waals surface area contributed by atoms with Gasteiger partial charge in [0.15, 0.2) is 11.6 Å². The second kappa shape index (κ2) is 10.9. The van der Waals surface area contributed by atoms with Gasteiger partial charge in [-0.1, -0.05) is 6.07 Å². The lowest BCUT2D eigenvalue weighted by Crippen LogP contribution is -2.37. The predicted molar refractivity (Wildman–Crippen MR) is 116 cm³/mol. The van der Waals surface area contributed by atoms with Crippen LogP contribution in [0.3, 0.4) is 0 Å². The van der Waals surface area contributed by atoms with Gasteiger partial charge in [0.25, 0.3) is 5.91 Å². The largest absolute Gasteiger partial charge is 0.442 e. The van der Waals surface area contributed by atoms with E-state index >= 15 is 8.78 Å². The highest BCUT2D eigenvalue weighted by Crippen LogP contribution is 2.31. The number of hydrogen-bond acceptors (Lipinski definition) is 7. The van der Waals surface area contributed by atoms with Crippen LogP contribution in [-0.2, 0) is 20.9 Å². The van der Waals surface area contributed by atoms with Crippen LogP contribution < -0.4 is 15.1 Å². The Morgan fingerprint density at radius 1 is 1.20 bits per heavy atom. The normalized spacial score (nSPS) is 19.1. The van der Waals surface area contributed by atoms with Crippen LogP contribution in [0.4, 0.5) is 33.7 Å². The number of nitrogens with zero attached hydrogens (tertiary/aromatic N) is 4. The van der Waals surface area contributed by atoms with Crippen LogP contribution in [-0.4, -0.2) is 73.9 Å². The van der Waals surface area contributed by atoms with Crippen LogP contribution >= 0.6 is 0 Å². The number of pyridine rings is 1. The zero-order valence-corrected chi connectivity index (χ0v) is 18.5. The third-order valence-corrected chi connectivity index (χ3v) is 5.54. The molecule has 2 aromatic rings. The number of aromatic nitrogens is 1. The quantitative estimate of drug-likeness (QED) is 0.588. The first-order valence-corrected chi connectivity index (χ1v) is 10.9. The monoisotopic (exact) mass is 497 g/mol. The van der Waals surface area contributed by atoms with Gasteiger partial charge in [0.05, 0.1) is 31.9 Å². The lowest BCUT2D eigenvalue weighted by molar-refractivity contribution is -0.154. The van der Waals surface area contributed by atoms with Crippen molar-refractivity contribution in [2.75, 3.05) is 49.1 Å². The summed E-state index contributed by atoms with van der Waals surface area (Å²) in [6.45, 7) is 1.10. The van der Waals surface area contributed by atoms with Gasteiger partial charge in [0.1, 0.15) is 11.8 Å². The minimum Gasteiger partial charge on any atom is -0.442 e. The molecule has 2 aliphatic heterocycles. The third-order valence-electron chi connectivity index (χ3n) is 5.54. The molecule has 2 fully saturated rings. The number of rotatable bonds is 7. The second-order valence-electron chi connectivity index (χ2n) is 7.97. The molecule has 1 N–H and O–H groups in total. The summed E-state index contributed by atoms with van der Waals surface area (Å²) in [5, 5.41) is 3.65. The maximum absolute atomic E-state index is 15.0. The van der Waals surface area contributed by atoms with E-state index < -0.39 is 36.2 Å². The SMILES string of the molecule is O=C(NCC1CN(c2cc(F)c(N3CCON(Cc4cccnc4)CC3)c(F)c2)C(=O)O1)C(F)F. The van der Waals surface area contributed by atoms with Gasteiger partial charge in [0.2, 0.25) is 0 Å². The first-order chi connectivity index (χ1) is 16.8. The molecule has 1 atom stereocenters. The van der Waals surface area contributed by atoms with Crippen LogP contribution in [0.25, 0.3) is 0 Å². The van der Waals surface area contributed by atoms with Gasteiger partial charge in [-0.2, -0.15) is 13.8 Å². The van der Waals surface area contributed by atoms with Gasteiger partial charge < -0.3 is 15.0 Å². The van der Waals surface area contributed by atoms with E-state index in [2.05, 4.69) is 4.98 Å². The fourth-order valence-corrected chi connectivity index (χ4v) is 3.87. The lowest BCUT2D eigenvalue weighted by atomic mass is 10.2. The maximum atomic E-state index is 15.0. The molecule has 1 aromatic heterocycles. The van der Waals surface area contributed by atoms with Crippen LogP contribution in [0.5, 0.6) is 0 Å². The van der Waals surface area contributed by atoms with E-state index in [9.17, 15) is 18.4 Å². The number of nitrogens with one attached hydrogen (secondary N) is 1. The Morgan fingerprint density at radius 3 is 2.66 bits per heavy atom. The summed E-state index contributed by atoms with van der Waals surface area (Å²) >= 11 is 0. The molecule has 2 amide bonds. The van der Waals surface area contributed by atoms with Gasteiger partial charge in [-0.25, -0.2) is 13.6 Å². The van der Waals surface area contributed by atoms with E-state index in [0.29, 0.717) is 19.6 Å². The van der Waals surface area contributed by atoms with E-state index in [0.717, 1.165) is 22.6 Å². The number of hydrogen-bond donors (Lipinski definition) is 1. The van der Waals surface area contributed by atoms with Crippen LogP contribution in [0.2, 0.25) is 0 Å². The number of amides is 2. The standard InChI is InChI=1S/C22H23F4N5O4/c23-17-8-15(31-13-16(35-22(31)33)11-28-21(32)20(25)26)9-18(24)19(17)29-4-5-30(34-7-6-29)12-14-2-1-3-27-10-14/h1-3,8-10,16,20H,4-7,11-13H2,(H,28,32). The number of ether oxygens (including phenoxy) is 1. The number of halogens is 4. The average molecular weight is 497 g/mol. The number of hydroxylamine groups is 2. The molecule has 0 aliphatic carbocycles. The molecule has 1 aromatic carbocycles. The lowest BCUT2D eigenvalue weighted by Gasteiger charge is -2.24. The van der Waals surface area contributed by atoms with Crippen molar-refractivity contribution in [3.05, 3.63) is 53.9 Å². The van der Waals surface area contributed by atoms with Gasteiger partial charge >= 0.3 is 12.5 Å². The van der Waals surface area contributed by atoms with Crippen molar-refractivity contribution in [2.45, 2.75) is 19.1 Å². The van der Waals surface area contributed by atoms with Crippen molar-refractivity contribution in [1.82, 2.24) is 15.4 Å². The minimum absolute atomic E-state index is 0.0827. The molecular weight excluding hydrogens is 474 g/mol. The highest BCUT2D eigenvalue weighted by Gasteiger charge is 2.34. The van der Waals surface area contributed by atoms with E-state index in [1.54, 1.807) is 17.5 Å². The third kappa shape index (κ3) is 5.98. The fourth-order valence-electron chi connectivity index (χ4n) is 3.87. The van der Waals surface area contributed by atoms with Gasteiger partial charge in [0, 0.05) is 44.2 Å². The summed E-state index contributed by atoms with van der Waals surface area (Å²) in [6, 6.07) is 5.74. The smallest absolute Gasteiger partial charge is 0.414 e. The zero-order chi connectivity index (χ0) is 24.9. The number of anilines is 2. The van der Waals surface area contributed by atoms with Crippen molar-refractivity contribution in [3.8, 4) is 0 Å². The first-order valence-electron chi connectivity index (χ1n) is 10.9. The summed E-state index contributed by atoms with van der Waals surface area (Å²) in [7, 11) is 0. The topological polar surface area (TPSA) is 87.2 Å². The van der Waals surface area contributed by atoms with Gasteiger partial charge in [-0.05, 0) is 11.6 Å². The molecule has 35 heavy (non-hydrogen) atoms. The molecule has 0 radical (unpaired) electrons. The molecule has 2 saturated heterocycles. The highest BCUT2D eigenvalue weighted by molar-refractivity contribution is 5.90. The number of carbonyl (C=O) groups excluding carboxylic acids is 2. The summed E-state index contributed by atoms with van der Waals surface area (Å²) < 4.78 is 59.7. The molecule has 13 heteroatoms. The van der Waals surface area contributed by atoms with Gasteiger partial charge in [-0.15, -0.1) is 0 Å². The summed E-state index contributed by atoms with van der Waals surface area (Å²) in [5.41, 5.74) is 0.613. The van der Waals surface area contributed by atoms with E-state index in [4.69, 9.17) is 9.57 Å². The Bertz CT molecular complexity index is 1040. The van der Waals surface area contributed by atoms with E-state index in [1.165, 1.54) is 4.90 Å². The van der Waals surface area contributed by atoms with Crippen LogP contribution in [0.15, 0.2) is 36.7 Å². The second-order valence-corrected chi connectivity index (χ2v) is 7.97. The number of benzene rings is 1. The Morgan fingerprint density at radius 2 is 1.97 bits per heavy atom. The van der Waals surface area contributed by atoms with Gasteiger partial charge in [-0.3, -0.25) is 19.5 Å². The Balaban J connectivity index is 1.40. The van der Waals surface area contributed by atoms with E-state index in [1.807, 2.05) is 17.4 Å². The Hall–Kier alpha value is -3.45. The molecule has 188 valence electrons. The molecule has 9 nitrogen and oxygen atoms in total. The highest BCUT2D eigenvalue weighted by atomic mass is 19.3. The molecule has 1 unspecified atom stereocenters. The molecule has 3 heterocycles. The Labute approximate surface area is 198 Å². The average Bonchev–Trinajstić information content (AvgIpc) is 3.05. The molecule has 2 aliphatic rings. The maximum Gasteiger partial charge on any atom is 0.414 e. The molecule has 4 rings (SSSR count). The minimum atomic E-state index is -3.20. The summed E-state index contributed by atoms with van der Waals surface area (Å²) in [4.78, 5) is 35.4. The van der Waals surface area contributed by atoms with Crippen LogP contribution in [0, 0.1) is 11.6 Å². The summed E-state index contributed by atoms with van der Waals surface area (Å²) in [6.07, 6.45) is -1.67. The van der Waals surface area contributed by atoms with Crippen molar-refractivity contribution in [1.29, 1.82) is 0 Å². The number of carbonyl (C=O) groups is 2. The van der Waals surface area contributed by atoms with Crippen molar-refractivity contribution in [2.24, 2.45) is 0 Å².